The molecule has 1 heterocycles. The van der Waals surface area contributed by atoms with Crippen LogP contribution in [0.25, 0.3) is 11.1 Å². The summed E-state index contributed by atoms with van der Waals surface area (Å²) in [4.78, 5) is 2.38. The summed E-state index contributed by atoms with van der Waals surface area (Å²) in [6, 6.07) is 12.9. The van der Waals surface area contributed by atoms with Crippen LogP contribution in [-0.4, -0.2) is 68.2 Å². The number of sulfonamides is 1. The summed E-state index contributed by atoms with van der Waals surface area (Å²) < 4.78 is 35.0. The molecule has 6 nitrogen and oxygen atoms in total. The molecule has 0 saturated heterocycles. The van der Waals surface area contributed by atoms with Crippen molar-refractivity contribution in [2.75, 3.05) is 33.3 Å². The Labute approximate surface area is 192 Å². The number of hydrogen-bond acceptors (Lipinski definition) is 5. The van der Waals surface area contributed by atoms with Crippen LogP contribution in [0.4, 0.5) is 0 Å². The van der Waals surface area contributed by atoms with Crippen molar-refractivity contribution in [3.63, 3.8) is 0 Å². The summed E-state index contributed by atoms with van der Waals surface area (Å²) in [7, 11) is -1.76. The highest BCUT2D eigenvalue weighted by molar-refractivity contribution is 7.89. The molecule has 0 radical (unpaired) electrons. The summed E-state index contributed by atoms with van der Waals surface area (Å²) in [6.45, 7) is 9.65. The molecular weight excluding hydrogens is 424 g/mol. The lowest BCUT2D eigenvalue weighted by Crippen LogP contribution is -2.49. The Kier molecular flexibility index (Phi) is 7.98. The second-order valence-electron chi connectivity index (χ2n) is 9.03. The molecule has 0 unspecified atom stereocenters. The molecular formula is C25H36N2O4S. The molecule has 0 aliphatic carbocycles. The van der Waals surface area contributed by atoms with Crippen molar-refractivity contribution in [3.8, 4) is 16.9 Å². The third-order valence-corrected chi connectivity index (χ3v) is 8.17. The van der Waals surface area contributed by atoms with E-state index in [0.717, 1.165) is 24.1 Å². The standard InChI is InChI=1S/C25H36N2O4S/c1-6-13-26(5)16-24-19(3)15-27(20(4)17-28)32(29,30)25-12-11-22(14-23(25)31-24)21-9-7-18(2)8-10-21/h7-12,14,19-20,24,28H,6,13,15-17H2,1-5H3/t19-,20-,24-/m0/s1. The lowest BCUT2D eigenvalue weighted by atomic mass is 10.0. The predicted molar refractivity (Wildman–Crippen MR) is 128 cm³/mol. The van der Waals surface area contributed by atoms with Gasteiger partial charge in [-0.15, -0.1) is 0 Å². The number of ether oxygens (including phenoxy) is 1. The first kappa shape index (κ1) is 24.7. The Morgan fingerprint density at radius 3 is 2.47 bits per heavy atom. The average Bonchev–Trinajstić information content (AvgIpc) is 2.76. The normalized spacial score (nSPS) is 22.0. The lowest BCUT2D eigenvalue weighted by Gasteiger charge is -2.37. The number of aliphatic hydroxyl groups is 1. The topological polar surface area (TPSA) is 70.1 Å². The monoisotopic (exact) mass is 460 g/mol. The summed E-state index contributed by atoms with van der Waals surface area (Å²) >= 11 is 0. The van der Waals surface area contributed by atoms with E-state index in [1.807, 2.05) is 50.2 Å². The molecule has 0 spiro atoms. The third-order valence-electron chi connectivity index (χ3n) is 6.15. The van der Waals surface area contributed by atoms with E-state index in [-0.39, 0.29) is 23.5 Å². The van der Waals surface area contributed by atoms with E-state index >= 15 is 0 Å². The number of fused-ring (bicyclic) bond motifs is 1. The Hall–Kier alpha value is -1.93. The van der Waals surface area contributed by atoms with Gasteiger partial charge in [0.05, 0.1) is 6.61 Å². The number of aliphatic hydroxyl groups excluding tert-OH is 1. The number of nitrogens with zero attached hydrogens (tertiary/aromatic N) is 2. The highest BCUT2D eigenvalue weighted by Gasteiger charge is 2.38. The number of benzene rings is 2. The maximum absolute atomic E-state index is 13.6. The molecule has 2 aromatic carbocycles. The van der Waals surface area contributed by atoms with Crippen LogP contribution >= 0.6 is 0 Å². The summed E-state index contributed by atoms with van der Waals surface area (Å²) in [6.07, 6.45) is 0.857. The van der Waals surface area contributed by atoms with Gasteiger partial charge >= 0.3 is 0 Å². The molecule has 1 N–H and O–H groups in total. The van der Waals surface area contributed by atoms with Crippen LogP contribution in [-0.2, 0) is 10.0 Å². The predicted octanol–water partition coefficient (Wildman–Crippen LogP) is 3.77. The van der Waals surface area contributed by atoms with Gasteiger partial charge in [-0.05, 0) is 57.1 Å². The fourth-order valence-electron chi connectivity index (χ4n) is 4.15. The largest absolute Gasteiger partial charge is 0.487 e. The van der Waals surface area contributed by atoms with Gasteiger partial charge in [-0.3, -0.25) is 0 Å². The summed E-state index contributed by atoms with van der Waals surface area (Å²) in [5, 5.41) is 9.77. The van der Waals surface area contributed by atoms with Crippen LogP contribution in [0.5, 0.6) is 5.75 Å². The fraction of sp³-hybridized carbons (Fsp3) is 0.520. The van der Waals surface area contributed by atoms with Crippen LogP contribution in [0.3, 0.4) is 0 Å². The van der Waals surface area contributed by atoms with Gasteiger partial charge in [0.15, 0.2) is 0 Å². The second kappa shape index (κ2) is 10.3. The van der Waals surface area contributed by atoms with Crippen molar-refractivity contribution < 1.29 is 18.3 Å². The average molecular weight is 461 g/mol. The molecule has 0 aromatic heterocycles. The van der Waals surface area contributed by atoms with Crippen molar-refractivity contribution in [1.82, 2.24) is 9.21 Å². The SMILES string of the molecule is CCCN(C)C[C@@H]1Oc2cc(-c3ccc(C)cc3)ccc2S(=O)(=O)N([C@@H](C)CO)C[C@@H]1C. The van der Waals surface area contributed by atoms with Crippen molar-refractivity contribution in [2.24, 2.45) is 5.92 Å². The Bertz CT molecular complexity index is 1010. The van der Waals surface area contributed by atoms with Gasteiger partial charge in [-0.25, -0.2) is 8.42 Å². The first-order valence-corrected chi connectivity index (χ1v) is 12.8. The quantitative estimate of drug-likeness (QED) is 0.681. The lowest BCUT2D eigenvalue weighted by molar-refractivity contribution is 0.0753. The molecule has 2 aromatic rings. The third kappa shape index (κ3) is 5.34. The highest BCUT2D eigenvalue weighted by Crippen LogP contribution is 2.36. The van der Waals surface area contributed by atoms with Crippen LogP contribution in [0, 0.1) is 12.8 Å². The second-order valence-corrected chi connectivity index (χ2v) is 10.9. The van der Waals surface area contributed by atoms with Gasteiger partial charge in [0, 0.05) is 25.0 Å². The van der Waals surface area contributed by atoms with Crippen LogP contribution < -0.4 is 4.74 Å². The van der Waals surface area contributed by atoms with Crippen molar-refractivity contribution in [2.45, 2.75) is 51.2 Å². The molecule has 32 heavy (non-hydrogen) atoms. The van der Waals surface area contributed by atoms with Crippen LogP contribution in [0.15, 0.2) is 47.4 Å². The molecule has 0 fully saturated rings. The van der Waals surface area contributed by atoms with E-state index in [0.29, 0.717) is 18.8 Å². The van der Waals surface area contributed by atoms with Gasteiger partial charge in [0.2, 0.25) is 10.0 Å². The fourth-order valence-corrected chi connectivity index (χ4v) is 5.98. The van der Waals surface area contributed by atoms with Gasteiger partial charge in [0.25, 0.3) is 0 Å². The molecule has 176 valence electrons. The zero-order valence-corrected chi connectivity index (χ0v) is 20.6. The zero-order valence-electron chi connectivity index (χ0n) is 19.8. The molecule has 0 amide bonds. The highest BCUT2D eigenvalue weighted by atomic mass is 32.2. The van der Waals surface area contributed by atoms with Crippen molar-refractivity contribution in [3.05, 3.63) is 48.0 Å². The maximum atomic E-state index is 13.6. The van der Waals surface area contributed by atoms with E-state index in [9.17, 15) is 13.5 Å². The Morgan fingerprint density at radius 1 is 1.19 bits per heavy atom. The number of rotatable bonds is 7. The minimum absolute atomic E-state index is 0.0470. The Morgan fingerprint density at radius 2 is 1.84 bits per heavy atom. The molecule has 3 rings (SSSR count). The minimum atomic E-state index is -3.82. The van der Waals surface area contributed by atoms with E-state index in [4.69, 9.17) is 4.74 Å². The number of hydrogen-bond donors (Lipinski definition) is 1. The van der Waals surface area contributed by atoms with E-state index in [2.05, 4.69) is 18.9 Å². The van der Waals surface area contributed by atoms with E-state index < -0.39 is 16.1 Å². The van der Waals surface area contributed by atoms with Gasteiger partial charge in [-0.1, -0.05) is 49.7 Å². The first-order valence-electron chi connectivity index (χ1n) is 11.4. The van der Waals surface area contributed by atoms with Crippen molar-refractivity contribution >= 4 is 10.0 Å². The maximum Gasteiger partial charge on any atom is 0.247 e. The minimum Gasteiger partial charge on any atom is -0.487 e. The smallest absolute Gasteiger partial charge is 0.247 e. The van der Waals surface area contributed by atoms with Gasteiger partial charge in [-0.2, -0.15) is 4.31 Å². The summed E-state index contributed by atoms with van der Waals surface area (Å²) in [5.74, 6) is 0.328. The van der Waals surface area contributed by atoms with E-state index in [1.54, 1.807) is 13.0 Å². The molecule has 0 bridgehead atoms. The first-order chi connectivity index (χ1) is 15.2. The van der Waals surface area contributed by atoms with Crippen LogP contribution in [0.2, 0.25) is 0 Å². The molecule has 3 atom stereocenters. The van der Waals surface area contributed by atoms with Gasteiger partial charge in [0.1, 0.15) is 16.7 Å². The van der Waals surface area contributed by atoms with Gasteiger partial charge < -0.3 is 14.7 Å². The van der Waals surface area contributed by atoms with E-state index in [1.165, 1.54) is 9.87 Å². The molecule has 0 saturated carbocycles. The van der Waals surface area contributed by atoms with Crippen LogP contribution in [0.1, 0.15) is 32.8 Å². The molecule has 1 aliphatic heterocycles. The molecule has 1 aliphatic rings. The zero-order chi connectivity index (χ0) is 23.5. The van der Waals surface area contributed by atoms with Crippen molar-refractivity contribution in [1.29, 1.82) is 0 Å². The molecule has 7 heteroatoms. The number of aryl methyl sites for hydroxylation is 1. The Balaban J connectivity index is 2.10. The number of likely N-dealkylation sites (N-methyl/N-ethyl adjacent to an activating group) is 1. The summed E-state index contributed by atoms with van der Waals surface area (Å²) in [5.41, 5.74) is 3.09.